The molecule has 0 amide bonds. The zero-order valence-corrected chi connectivity index (χ0v) is 12.6. The Kier molecular flexibility index (Phi) is 4.18. The summed E-state index contributed by atoms with van der Waals surface area (Å²) >= 11 is 9.05. The quantitative estimate of drug-likeness (QED) is 0.820. The van der Waals surface area contributed by atoms with Crippen LogP contribution in [-0.2, 0) is 14.8 Å². The summed E-state index contributed by atoms with van der Waals surface area (Å²) in [6, 6.07) is 2.90. The molecule has 0 aromatic heterocycles. The molecular weight excluding hydrogens is 344 g/mol. The van der Waals surface area contributed by atoms with Crippen molar-refractivity contribution in [3.05, 3.63) is 21.6 Å². The molecule has 1 aliphatic rings. The van der Waals surface area contributed by atoms with E-state index in [9.17, 15) is 8.42 Å². The Morgan fingerprint density at radius 2 is 1.94 bits per heavy atom. The van der Waals surface area contributed by atoms with Gasteiger partial charge < -0.3 is 10.5 Å². The van der Waals surface area contributed by atoms with Gasteiger partial charge in [0.2, 0.25) is 10.0 Å². The summed E-state index contributed by atoms with van der Waals surface area (Å²) in [5.41, 5.74) is 6.01. The molecule has 1 aliphatic heterocycles. The Hall–Kier alpha value is -0.340. The van der Waals surface area contributed by atoms with Gasteiger partial charge in [0.05, 0.1) is 22.6 Å². The second-order valence-electron chi connectivity index (χ2n) is 3.82. The summed E-state index contributed by atoms with van der Waals surface area (Å²) in [4.78, 5) is 0.0920. The summed E-state index contributed by atoms with van der Waals surface area (Å²) in [5.74, 6) is 0. The normalized spacial score (nSPS) is 17.9. The Bertz CT molecular complexity index is 558. The fourth-order valence-electron chi connectivity index (χ4n) is 1.70. The molecule has 100 valence electrons. The summed E-state index contributed by atoms with van der Waals surface area (Å²) in [7, 11) is -3.60. The van der Waals surface area contributed by atoms with E-state index in [4.69, 9.17) is 22.1 Å². The van der Waals surface area contributed by atoms with Crippen molar-refractivity contribution in [2.75, 3.05) is 32.0 Å². The predicted octanol–water partition coefficient (Wildman–Crippen LogP) is 1.71. The number of anilines is 1. The van der Waals surface area contributed by atoms with Crippen LogP contribution in [0, 0.1) is 0 Å². The highest BCUT2D eigenvalue weighted by Crippen LogP contribution is 2.33. The Morgan fingerprint density at radius 1 is 1.33 bits per heavy atom. The van der Waals surface area contributed by atoms with Crippen molar-refractivity contribution in [2.24, 2.45) is 0 Å². The van der Waals surface area contributed by atoms with Crippen molar-refractivity contribution in [2.45, 2.75) is 4.90 Å². The lowest BCUT2D eigenvalue weighted by Gasteiger charge is -2.26. The Labute approximate surface area is 119 Å². The van der Waals surface area contributed by atoms with Gasteiger partial charge in [0.25, 0.3) is 0 Å². The molecule has 1 heterocycles. The molecule has 0 aliphatic carbocycles. The van der Waals surface area contributed by atoms with Crippen molar-refractivity contribution in [1.82, 2.24) is 4.31 Å². The van der Waals surface area contributed by atoms with Gasteiger partial charge in [-0.15, -0.1) is 0 Å². The minimum absolute atomic E-state index is 0.0920. The standard InChI is InChI=1S/C10H12BrClN2O3S/c11-10-8(13)5-7(12)6-9(10)18(15,16)14-1-3-17-4-2-14/h5-6H,1-4,13H2. The van der Waals surface area contributed by atoms with E-state index in [1.807, 2.05) is 0 Å². The number of rotatable bonds is 2. The zero-order chi connectivity index (χ0) is 13.3. The molecule has 18 heavy (non-hydrogen) atoms. The number of nitrogens with two attached hydrogens (primary N) is 1. The predicted molar refractivity (Wildman–Crippen MR) is 73.1 cm³/mol. The highest BCUT2D eigenvalue weighted by Gasteiger charge is 2.29. The number of morpholine rings is 1. The summed E-state index contributed by atoms with van der Waals surface area (Å²) < 4.78 is 31.7. The fraction of sp³-hybridized carbons (Fsp3) is 0.400. The molecule has 5 nitrogen and oxygen atoms in total. The third-order valence-electron chi connectivity index (χ3n) is 2.62. The van der Waals surface area contributed by atoms with Crippen LogP contribution in [0.5, 0.6) is 0 Å². The lowest BCUT2D eigenvalue weighted by molar-refractivity contribution is 0.0730. The number of benzene rings is 1. The van der Waals surface area contributed by atoms with Crippen LogP contribution in [0.2, 0.25) is 5.02 Å². The highest BCUT2D eigenvalue weighted by atomic mass is 79.9. The molecule has 0 bridgehead atoms. The maximum absolute atomic E-state index is 12.4. The molecule has 1 fully saturated rings. The lowest BCUT2D eigenvalue weighted by atomic mass is 10.3. The maximum Gasteiger partial charge on any atom is 0.244 e. The number of nitrogens with zero attached hydrogens (tertiary/aromatic N) is 1. The Balaban J connectivity index is 2.46. The smallest absolute Gasteiger partial charge is 0.244 e. The zero-order valence-electron chi connectivity index (χ0n) is 9.40. The van der Waals surface area contributed by atoms with Crippen LogP contribution in [0.25, 0.3) is 0 Å². The van der Waals surface area contributed by atoms with Gasteiger partial charge in [-0.1, -0.05) is 11.6 Å². The van der Waals surface area contributed by atoms with E-state index in [-0.39, 0.29) is 4.90 Å². The Morgan fingerprint density at radius 3 is 2.56 bits per heavy atom. The number of halogens is 2. The molecule has 8 heteroatoms. The molecule has 0 spiro atoms. The number of hydrogen-bond acceptors (Lipinski definition) is 4. The summed E-state index contributed by atoms with van der Waals surface area (Å²) in [5, 5.41) is 0.294. The molecular formula is C10H12BrClN2O3S. The number of ether oxygens (including phenoxy) is 1. The van der Waals surface area contributed by atoms with Gasteiger partial charge in [-0.05, 0) is 28.1 Å². The van der Waals surface area contributed by atoms with E-state index in [1.165, 1.54) is 16.4 Å². The first-order valence-electron chi connectivity index (χ1n) is 5.25. The van der Waals surface area contributed by atoms with Crippen LogP contribution in [0.3, 0.4) is 0 Å². The largest absolute Gasteiger partial charge is 0.398 e. The highest BCUT2D eigenvalue weighted by molar-refractivity contribution is 9.10. The van der Waals surface area contributed by atoms with Crippen molar-refractivity contribution < 1.29 is 13.2 Å². The molecule has 2 N–H and O–H groups in total. The molecule has 1 aromatic rings. The molecule has 1 saturated heterocycles. The van der Waals surface area contributed by atoms with Gasteiger partial charge in [0, 0.05) is 23.8 Å². The summed E-state index contributed by atoms with van der Waals surface area (Å²) in [6.07, 6.45) is 0. The van der Waals surface area contributed by atoms with Crippen molar-refractivity contribution >= 4 is 43.2 Å². The molecule has 0 unspecified atom stereocenters. The number of hydrogen-bond donors (Lipinski definition) is 1. The molecule has 0 radical (unpaired) electrons. The van der Waals surface area contributed by atoms with Gasteiger partial charge >= 0.3 is 0 Å². The summed E-state index contributed by atoms with van der Waals surface area (Å²) in [6.45, 7) is 1.46. The van der Waals surface area contributed by atoms with Gasteiger partial charge in [0.1, 0.15) is 0 Å². The second kappa shape index (κ2) is 5.34. The average Bonchev–Trinajstić information content (AvgIpc) is 2.34. The van der Waals surface area contributed by atoms with Crippen molar-refractivity contribution in [3.63, 3.8) is 0 Å². The van der Waals surface area contributed by atoms with E-state index in [2.05, 4.69) is 15.9 Å². The third kappa shape index (κ3) is 2.65. The van der Waals surface area contributed by atoms with Crippen LogP contribution in [0.15, 0.2) is 21.5 Å². The van der Waals surface area contributed by atoms with E-state index in [0.29, 0.717) is 41.5 Å². The minimum Gasteiger partial charge on any atom is -0.398 e. The molecule has 0 saturated carbocycles. The van der Waals surface area contributed by atoms with Crippen molar-refractivity contribution in [1.29, 1.82) is 0 Å². The van der Waals surface area contributed by atoms with Gasteiger partial charge in [-0.25, -0.2) is 8.42 Å². The SMILES string of the molecule is Nc1cc(Cl)cc(S(=O)(=O)N2CCOCC2)c1Br. The first-order chi connectivity index (χ1) is 8.43. The van der Waals surface area contributed by atoms with E-state index in [0.717, 1.165) is 0 Å². The molecule has 0 atom stereocenters. The fourth-order valence-corrected chi connectivity index (χ4v) is 4.36. The van der Waals surface area contributed by atoms with E-state index in [1.54, 1.807) is 0 Å². The van der Waals surface area contributed by atoms with Gasteiger partial charge in [-0.2, -0.15) is 4.31 Å². The topological polar surface area (TPSA) is 72.6 Å². The minimum atomic E-state index is -3.60. The third-order valence-corrected chi connectivity index (χ3v) is 5.91. The first-order valence-corrected chi connectivity index (χ1v) is 7.86. The lowest BCUT2D eigenvalue weighted by Crippen LogP contribution is -2.40. The monoisotopic (exact) mass is 354 g/mol. The first kappa shape index (κ1) is 14.1. The van der Waals surface area contributed by atoms with Gasteiger partial charge in [-0.3, -0.25) is 0 Å². The number of sulfonamides is 1. The van der Waals surface area contributed by atoms with Gasteiger partial charge in [0.15, 0.2) is 0 Å². The second-order valence-corrected chi connectivity index (χ2v) is 6.96. The van der Waals surface area contributed by atoms with Crippen LogP contribution >= 0.6 is 27.5 Å². The number of nitrogen functional groups attached to an aromatic ring is 1. The van der Waals surface area contributed by atoms with E-state index < -0.39 is 10.0 Å². The van der Waals surface area contributed by atoms with Crippen LogP contribution in [0.1, 0.15) is 0 Å². The van der Waals surface area contributed by atoms with Crippen LogP contribution in [-0.4, -0.2) is 39.0 Å². The average molecular weight is 356 g/mol. The maximum atomic E-state index is 12.4. The van der Waals surface area contributed by atoms with Crippen LogP contribution in [0.4, 0.5) is 5.69 Å². The van der Waals surface area contributed by atoms with Crippen LogP contribution < -0.4 is 5.73 Å². The molecule has 1 aromatic carbocycles. The van der Waals surface area contributed by atoms with Crippen molar-refractivity contribution in [3.8, 4) is 0 Å². The molecule has 2 rings (SSSR count). The van der Waals surface area contributed by atoms with E-state index >= 15 is 0 Å².